The van der Waals surface area contributed by atoms with Crippen LogP contribution in [0.3, 0.4) is 0 Å². The lowest BCUT2D eigenvalue weighted by molar-refractivity contribution is 0.0515. The van der Waals surface area contributed by atoms with E-state index in [2.05, 4.69) is 15.9 Å². The second-order valence-electron chi connectivity index (χ2n) is 4.83. The summed E-state index contributed by atoms with van der Waals surface area (Å²) >= 11 is 3.32. The molecule has 0 bridgehead atoms. The molecule has 0 fully saturated rings. The molecule has 0 aliphatic rings. The van der Waals surface area contributed by atoms with Gasteiger partial charge in [0.15, 0.2) is 6.79 Å². The number of anilines is 2. The van der Waals surface area contributed by atoms with Crippen molar-refractivity contribution in [1.82, 2.24) is 0 Å². The van der Waals surface area contributed by atoms with Crippen molar-refractivity contribution in [3.63, 3.8) is 0 Å². The first-order chi connectivity index (χ1) is 11.5. The number of nitrogens with zero attached hydrogens (tertiary/aromatic N) is 1. The zero-order valence-corrected chi connectivity index (χ0v) is 14.5. The Bertz CT molecular complexity index is 743. The average molecular weight is 398 g/mol. The van der Waals surface area contributed by atoms with E-state index in [-0.39, 0.29) is 24.7 Å². The number of benzene rings is 2. The fraction of sp³-hybridized carbons (Fsp3) is 0.188. The Balaban J connectivity index is 2.58. The Hall–Kier alpha value is -2.16. The van der Waals surface area contributed by atoms with Crippen LogP contribution in [0, 0.1) is 5.82 Å². The van der Waals surface area contributed by atoms with E-state index in [1.165, 1.54) is 19.2 Å². The van der Waals surface area contributed by atoms with Gasteiger partial charge in [-0.25, -0.2) is 9.18 Å². The van der Waals surface area contributed by atoms with Gasteiger partial charge in [0.2, 0.25) is 0 Å². The van der Waals surface area contributed by atoms with Crippen LogP contribution >= 0.6 is 15.9 Å². The van der Waals surface area contributed by atoms with Crippen molar-refractivity contribution in [3.05, 3.63) is 52.3 Å². The molecule has 4 N–H and O–H groups in total. The van der Waals surface area contributed by atoms with Gasteiger partial charge in [0, 0.05) is 18.1 Å². The van der Waals surface area contributed by atoms with Crippen LogP contribution in [0.15, 0.2) is 40.9 Å². The van der Waals surface area contributed by atoms with Gasteiger partial charge >= 0.3 is 6.03 Å². The van der Waals surface area contributed by atoms with E-state index in [0.29, 0.717) is 11.3 Å². The van der Waals surface area contributed by atoms with Gasteiger partial charge in [0.05, 0.1) is 11.4 Å². The lowest BCUT2D eigenvalue weighted by Gasteiger charge is -2.24. The molecule has 0 saturated carbocycles. The van der Waals surface area contributed by atoms with E-state index in [0.717, 1.165) is 9.37 Å². The predicted octanol–water partition coefficient (Wildman–Crippen LogP) is 3.25. The molecule has 0 radical (unpaired) electrons. The van der Waals surface area contributed by atoms with Gasteiger partial charge in [0.1, 0.15) is 11.6 Å². The number of carbonyl (C=O) groups excluding carboxylic acids is 1. The first kappa shape index (κ1) is 18.2. The molecule has 0 atom stereocenters. The second kappa shape index (κ2) is 8.09. The topological polar surface area (TPSA) is 90.8 Å². The van der Waals surface area contributed by atoms with Crippen molar-refractivity contribution in [3.8, 4) is 5.75 Å². The molecule has 0 aliphatic carbocycles. The van der Waals surface area contributed by atoms with E-state index in [1.807, 2.05) is 0 Å². The number of hydrogen-bond acceptors (Lipinski definition) is 4. The number of nitrogens with two attached hydrogens (primary N) is 2. The summed E-state index contributed by atoms with van der Waals surface area (Å²) in [7, 11) is 1.47. The molecule has 2 rings (SSSR count). The van der Waals surface area contributed by atoms with Gasteiger partial charge in [-0.2, -0.15) is 0 Å². The van der Waals surface area contributed by atoms with Gasteiger partial charge in [-0.3, -0.25) is 4.90 Å². The molecular weight excluding hydrogens is 381 g/mol. The standard InChI is InChI=1S/C16H17BrFN3O3/c1-23-9-24-15-7-11(17)3-5-13(15)21(16(20)22)14-6-10(8-19)2-4-12(14)18/h2-7H,8-9,19H2,1H3,(H2,20,22). The molecule has 0 spiro atoms. The Morgan fingerprint density at radius 2 is 2.00 bits per heavy atom. The maximum absolute atomic E-state index is 14.3. The molecule has 2 aromatic carbocycles. The Morgan fingerprint density at radius 1 is 1.25 bits per heavy atom. The second-order valence-corrected chi connectivity index (χ2v) is 5.74. The summed E-state index contributed by atoms with van der Waals surface area (Å²) < 4.78 is 25.4. The lowest BCUT2D eigenvalue weighted by Crippen LogP contribution is -2.32. The van der Waals surface area contributed by atoms with E-state index < -0.39 is 11.8 Å². The summed E-state index contributed by atoms with van der Waals surface area (Å²) in [5, 5.41) is 0. The third-order valence-corrected chi connectivity index (χ3v) is 3.70. The number of methoxy groups -OCH3 is 1. The minimum Gasteiger partial charge on any atom is -0.465 e. The molecule has 2 amide bonds. The van der Waals surface area contributed by atoms with Crippen molar-refractivity contribution in [1.29, 1.82) is 0 Å². The van der Waals surface area contributed by atoms with Crippen LogP contribution in [-0.4, -0.2) is 19.9 Å². The number of primary amides is 1. The highest BCUT2D eigenvalue weighted by Crippen LogP contribution is 2.37. The quantitative estimate of drug-likeness (QED) is 0.731. The highest BCUT2D eigenvalue weighted by Gasteiger charge is 2.23. The summed E-state index contributed by atoms with van der Waals surface area (Å²) in [4.78, 5) is 13.0. The fourth-order valence-electron chi connectivity index (χ4n) is 2.13. The lowest BCUT2D eigenvalue weighted by atomic mass is 10.1. The monoisotopic (exact) mass is 397 g/mol. The molecular formula is C16H17BrFN3O3. The van der Waals surface area contributed by atoms with Crippen molar-refractivity contribution < 1.29 is 18.7 Å². The molecule has 0 aliphatic heterocycles. The molecule has 0 aromatic heterocycles. The number of amides is 2. The van der Waals surface area contributed by atoms with Crippen LogP contribution in [0.1, 0.15) is 5.56 Å². The molecule has 8 heteroatoms. The van der Waals surface area contributed by atoms with E-state index in [4.69, 9.17) is 20.9 Å². The summed E-state index contributed by atoms with van der Waals surface area (Å²) in [6.45, 7) is 0.161. The maximum atomic E-state index is 14.3. The number of halogens is 2. The molecule has 2 aromatic rings. The van der Waals surface area contributed by atoms with Gasteiger partial charge in [0.25, 0.3) is 0 Å². The maximum Gasteiger partial charge on any atom is 0.324 e. The molecule has 6 nitrogen and oxygen atoms in total. The van der Waals surface area contributed by atoms with Crippen LogP contribution in [0.25, 0.3) is 0 Å². The third-order valence-electron chi connectivity index (χ3n) is 3.20. The summed E-state index contributed by atoms with van der Waals surface area (Å²) in [6, 6.07) is 8.32. The molecule has 0 unspecified atom stereocenters. The SMILES string of the molecule is COCOc1cc(Br)ccc1N(C(N)=O)c1cc(CN)ccc1F. The molecule has 0 saturated heterocycles. The number of urea groups is 1. The van der Waals surface area contributed by atoms with Crippen LogP contribution in [0.4, 0.5) is 20.6 Å². The largest absolute Gasteiger partial charge is 0.465 e. The summed E-state index contributed by atoms with van der Waals surface area (Å²) in [6.07, 6.45) is 0. The predicted molar refractivity (Wildman–Crippen MR) is 92.7 cm³/mol. The minimum atomic E-state index is -0.854. The van der Waals surface area contributed by atoms with E-state index in [9.17, 15) is 9.18 Å². The summed E-state index contributed by atoms with van der Waals surface area (Å²) in [5.74, 6) is -0.297. The van der Waals surface area contributed by atoms with Crippen LogP contribution in [-0.2, 0) is 11.3 Å². The zero-order chi connectivity index (χ0) is 17.7. The smallest absolute Gasteiger partial charge is 0.324 e. The number of rotatable bonds is 6. The molecule has 24 heavy (non-hydrogen) atoms. The first-order valence-electron chi connectivity index (χ1n) is 6.97. The normalized spacial score (nSPS) is 10.5. The average Bonchev–Trinajstić information content (AvgIpc) is 2.56. The minimum absolute atomic E-state index is 0.00459. The van der Waals surface area contributed by atoms with Crippen molar-refractivity contribution >= 4 is 33.3 Å². The first-order valence-corrected chi connectivity index (χ1v) is 7.76. The van der Waals surface area contributed by atoms with Crippen LogP contribution in [0.2, 0.25) is 0 Å². The zero-order valence-electron chi connectivity index (χ0n) is 13.0. The van der Waals surface area contributed by atoms with Crippen molar-refractivity contribution in [2.75, 3.05) is 18.8 Å². The van der Waals surface area contributed by atoms with E-state index in [1.54, 1.807) is 24.3 Å². The van der Waals surface area contributed by atoms with Crippen molar-refractivity contribution in [2.45, 2.75) is 6.54 Å². The Kier molecular flexibility index (Phi) is 6.13. The molecule has 0 heterocycles. The number of ether oxygens (including phenoxy) is 2. The highest BCUT2D eigenvalue weighted by molar-refractivity contribution is 9.10. The summed E-state index contributed by atoms with van der Waals surface area (Å²) in [5.41, 5.74) is 12.0. The Morgan fingerprint density at radius 3 is 2.62 bits per heavy atom. The van der Waals surface area contributed by atoms with Gasteiger partial charge in [-0.15, -0.1) is 0 Å². The Labute approximate surface area is 147 Å². The van der Waals surface area contributed by atoms with Gasteiger partial charge < -0.3 is 20.9 Å². The third kappa shape index (κ3) is 4.02. The molecule has 128 valence electrons. The van der Waals surface area contributed by atoms with Crippen molar-refractivity contribution in [2.24, 2.45) is 11.5 Å². The van der Waals surface area contributed by atoms with Gasteiger partial charge in [-0.1, -0.05) is 22.0 Å². The highest BCUT2D eigenvalue weighted by atomic mass is 79.9. The van der Waals surface area contributed by atoms with Crippen LogP contribution < -0.4 is 21.1 Å². The van der Waals surface area contributed by atoms with Gasteiger partial charge in [-0.05, 0) is 35.9 Å². The van der Waals surface area contributed by atoms with E-state index >= 15 is 0 Å². The number of hydrogen-bond donors (Lipinski definition) is 2. The number of carbonyl (C=O) groups is 1. The fourth-order valence-corrected chi connectivity index (χ4v) is 2.47. The van der Waals surface area contributed by atoms with Crippen LogP contribution in [0.5, 0.6) is 5.75 Å².